The largest absolute Gasteiger partial charge is 0.396 e. The first-order valence-electron chi connectivity index (χ1n) is 5.35. The quantitative estimate of drug-likeness (QED) is 0.439. The molecule has 0 radical (unpaired) electrons. The fourth-order valence-electron chi connectivity index (χ4n) is 1.25. The van der Waals surface area contributed by atoms with E-state index < -0.39 is 0 Å². The Labute approximate surface area is 86.3 Å². The maximum atomic E-state index is 8.76. The lowest BCUT2D eigenvalue weighted by molar-refractivity contribution is 0.0932. The van der Waals surface area contributed by atoms with Gasteiger partial charge < -0.3 is 20.3 Å². The van der Waals surface area contributed by atoms with E-state index in [-0.39, 0.29) is 13.2 Å². The summed E-state index contributed by atoms with van der Waals surface area (Å²) in [6, 6.07) is 0. The van der Waals surface area contributed by atoms with Gasteiger partial charge in [-0.3, -0.25) is 0 Å². The molecule has 0 bridgehead atoms. The smallest absolute Gasteiger partial charge is 0.0698 e. The SMILES string of the molecule is CCC(CCO)CNCCOCCO. The number of ether oxygens (including phenoxy) is 1. The van der Waals surface area contributed by atoms with Crippen molar-refractivity contribution in [1.82, 2.24) is 5.32 Å². The molecule has 0 aliphatic rings. The highest BCUT2D eigenvalue weighted by molar-refractivity contribution is 4.59. The second-order valence-corrected chi connectivity index (χ2v) is 3.33. The van der Waals surface area contributed by atoms with Gasteiger partial charge in [-0.05, 0) is 18.9 Å². The minimum absolute atomic E-state index is 0.0854. The normalized spacial score (nSPS) is 13.1. The highest BCUT2D eigenvalue weighted by Gasteiger charge is 2.03. The third-order valence-corrected chi connectivity index (χ3v) is 2.21. The predicted molar refractivity (Wildman–Crippen MR) is 56.3 cm³/mol. The standard InChI is InChI=1S/C10H23NO3/c1-2-10(3-5-12)9-11-4-7-14-8-6-13/h10-13H,2-9H2,1H3. The minimum atomic E-state index is 0.0854. The number of aliphatic hydroxyl groups is 2. The van der Waals surface area contributed by atoms with Crippen LogP contribution in [0, 0.1) is 5.92 Å². The molecule has 1 unspecified atom stereocenters. The summed E-state index contributed by atoms with van der Waals surface area (Å²) in [5, 5.41) is 20.5. The van der Waals surface area contributed by atoms with Crippen LogP contribution in [-0.2, 0) is 4.74 Å². The molecule has 0 spiro atoms. The molecule has 1 atom stereocenters. The van der Waals surface area contributed by atoms with Crippen molar-refractivity contribution in [2.24, 2.45) is 5.92 Å². The summed E-state index contributed by atoms with van der Waals surface area (Å²) in [5.41, 5.74) is 0. The molecule has 14 heavy (non-hydrogen) atoms. The summed E-state index contributed by atoms with van der Waals surface area (Å²) in [6.45, 7) is 5.26. The topological polar surface area (TPSA) is 61.7 Å². The molecule has 0 rings (SSSR count). The van der Waals surface area contributed by atoms with Crippen LogP contribution < -0.4 is 5.32 Å². The van der Waals surface area contributed by atoms with Gasteiger partial charge in [0.05, 0.1) is 19.8 Å². The van der Waals surface area contributed by atoms with Crippen molar-refractivity contribution in [2.75, 3.05) is 39.5 Å². The molecule has 86 valence electrons. The lowest BCUT2D eigenvalue weighted by Gasteiger charge is -2.14. The van der Waals surface area contributed by atoms with Crippen molar-refractivity contribution in [1.29, 1.82) is 0 Å². The molecule has 0 aromatic rings. The van der Waals surface area contributed by atoms with Crippen LogP contribution in [0.1, 0.15) is 19.8 Å². The van der Waals surface area contributed by atoms with E-state index in [2.05, 4.69) is 12.2 Å². The summed E-state index contributed by atoms with van der Waals surface area (Å²) in [5.74, 6) is 0.554. The van der Waals surface area contributed by atoms with Crippen LogP contribution in [0.3, 0.4) is 0 Å². The molecule has 0 saturated carbocycles. The molecule has 0 aromatic heterocycles. The van der Waals surface area contributed by atoms with Crippen molar-refractivity contribution in [3.8, 4) is 0 Å². The molecular formula is C10H23NO3. The molecule has 0 aliphatic carbocycles. The molecule has 0 aliphatic heterocycles. The van der Waals surface area contributed by atoms with E-state index in [4.69, 9.17) is 14.9 Å². The van der Waals surface area contributed by atoms with Crippen LogP contribution in [0.2, 0.25) is 0 Å². The first kappa shape index (κ1) is 13.8. The van der Waals surface area contributed by atoms with Crippen LogP contribution in [0.5, 0.6) is 0 Å². The Bertz CT molecular complexity index is 112. The zero-order chi connectivity index (χ0) is 10.6. The van der Waals surface area contributed by atoms with Gasteiger partial charge in [0.2, 0.25) is 0 Å². The molecule has 0 fully saturated rings. The highest BCUT2D eigenvalue weighted by atomic mass is 16.5. The summed E-state index contributed by atoms with van der Waals surface area (Å²) < 4.78 is 5.10. The third kappa shape index (κ3) is 8.44. The zero-order valence-corrected chi connectivity index (χ0v) is 9.04. The van der Waals surface area contributed by atoms with Gasteiger partial charge in [0, 0.05) is 13.2 Å². The van der Waals surface area contributed by atoms with E-state index in [0.29, 0.717) is 19.1 Å². The maximum absolute atomic E-state index is 8.76. The molecular weight excluding hydrogens is 182 g/mol. The fourth-order valence-corrected chi connectivity index (χ4v) is 1.25. The van der Waals surface area contributed by atoms with Crippen LogP contribution in [0.15, 0.2) is 0 Å². The van der Waals surface area contributed by atoms with Crippen LogP contribution in [-0.4, -0.2) is 49.7 Å². The Hall–Kier alpha value is -0.160. The van der Waals surface area contributed by atoms with E-state index in [1.807, 2.05) is 0 Å². The Morgan fingerprint density at radius 2 is 2.00 bits per heavy atom. The summed E-state index contributed by atoms with van der Waals surface area (Å²) in [7, 11) is 0. The molecule has 0 amide bonds. The first-order chi connectivity index (χ1) is 6.85. The lowest BCUT2D eigenvalue weighted by atomic mass is 10.0. The van der Waals surface area contributed by atoms with Crippen LogP contribution >= 0.6 is 0 Å². The van der Waals surface area contributed by atoms with E-state index in [0.717, 1.165) is 25.9 Å². The van der Waals surface area contributed by atoms with Crippen LogP contribution in [0.25, 0.3) is 0 Å². The lowest BCUT2D eigenvalue weighted by Crippen LogP contribution is -2.27. The Morgan fingerprint density at radius 3 is 2.57 bits per heavy atom. The Balaban J connectivity index is 3.15. The Morgan fingerprint density at radius 1 is 1.21 bits per heavy atom. The van der Waals surface area contributed by atoms with Gasteiger partial charge in [-0.2, -0.15) is 0 Å². The molecule has 0 saturated heterocycles. The number of rotatable bonds is 10. The van der Waals surface area contributed by atoms with E-state index in [1.165, 1.54) is 0 Å². The van der Waals surface area contributed by atoms with Gasteiger partial charge in [0.25, 0.3) is 0 Å². The van der Waals surface area contributed by atoms with Crippen molar-refractivity contribution >= 4 is 0 Å². The van der Waals surface area contributed by atoms with Crippen LogP contribution in [0.4, 0.5) is 0 Å². The number of hydrogen-bond acceptors (Lipinski definition) is 4. The summed E-state index contributed by atoms with van der Waals surface area (Å²) in [6.07, 6.45) is 1.95. The molecule has 3 N–H and O–H groups in total. The van der Waals surface area contributed by atoms with Gasteiger partial charge >= 0.3 is 0 Å². The maximum Gasteiger partial charge on any atom is 0.0698 e. The average Bonchev–Trinajstić information content (AvgIpc) is 2.21. The molecule has 4 heteroatoms. The van der Waals surface area contributed by atoms with Gasteiger partial charge in [-0.1, -0.05) is 13.3 Å². The van der Waals surface area contributed by atoms with Gasteiger partial charge in [0.15, 0.2) is 0 Å². The molecule has 4 nitrogen and oxygen atoms in total. The first-order valence-corrected chi connectivity index (χ1v) is 5.35. The zero-order valence-electron chi connectivity index (χ0n) is 9.04. The number of nitrogens with one attached hydrogen (secondary N) is 1. The monoisotopic (exact) mass is 205 g/mol. The highest BCUT2D eigenvalue weighted by Crippen LogP contribution is 2.04. The second kappa shape index (κ2) is 10.9. The Kier molecular flexibility index (Phi) is 10.8. The number of hydrogen-bond donors (Lipinski definition) is 3. The van der Waals surface area contributed by atoms with E-state index in [1.54, 1.807) is 0 Å². The van der Waals surface area contributed by atoms with Gasteiger partial charge in [-0.15, -0.1) is 0 Å². The van der Waals surface area contributed by atoms with Crippen molar-refractivity contribution in [3.63, 3.8) is 0 Å². The second-order valence-electron chi connectivity index (χ2n) is 3.33. The van der Waals surface area contributed by atoms with Gasteiger partial charge in [0.1, 0.15) is 0 Å². The molecule has 0 aromatic carbocycles. The molecule has 0 heterocycles. The summed E-state index contributed by atoms with van der Waals surface area (Å²) >= 11 is 0. The third-order valence-electron chi connectivity index (χ3n) is 2.21. The van der Waals surface area contributed by atoms with Crippen molar-refractivity contribution < 1.29 is 14.9 Å². The number of aliphatic hydroxyl groups excluding tert-OH is 2. The fraction of sp³-hybridized carbons (Fsp3) is 1.00. The van der Waals surface area contributed by atoms with Gasteiger partial charge in [-0.25, -0.2) is 0 Å². The van der Waals surface area contributed by atoms with Crippen molar-refractivity contribution in [3.05, 3.63) is 0 Å². The average molecular weight is 205 g/mol. The van der Waals surface area contributed by atoms with E-state index >= 15 is 0 Å². The van der Waals surface area contributed by atoms with E-state index in [9.17, 15) is 0 Å². The van der Waals surface area contributed by atoms with Crippen molar-refractivity contribution in [2.45, 2.75) is 19.8 Å². The predicted octanol–water partition coefficient (Wildman–Crippen LogP) is -0.00650. The summed E-state index contributed by atoms with van der Waals surface area (Å²) in [4.78, 5) is 0. The minimum Gasteiger partial charge on any atom is -0.396 e.